The summed E-state index contributed by atoms with van der Waals surface area (Å²) in [7, 11) is -13.5. The van der Waals surface area contributed by atoms with Gasteiger partial charge in [-0.2, -0.15) is 8.42 Å². The maximum atomic E-state index is 12.1. The average molecular weight is 357 g/mol. The van der Waals surface area contributed by atoms with Gasteiger partial charge in [-0.05, 0) is 0 Å². The van der Waals surface area contributed by atoms with Crippen LogP contribution in [0.1, 0.15) is 0 Å². The van der Waals surface area contributed by atoms with E-state index in [-0.39, 0.29) is 0 Å². The van der Waals surface area contributed by atoms with E-state index >= 15 is 0 Å². The molecule has 0 aliphatic heterocycles. The monoisotopic (exact) mass is 357 g/mol. The van der Waals surface area contributed by atoms with E-state index in [9.17, 15) is 22.8 Å². The molecule has 0 aliphatic rings. The van der Waals surface area contributed by atoms with Crippen molar-refractivity contribution in [2.24, 2.45) is 0 Å². The van der Waals surface area contributed by atoms with Crippen molar-refractivity contribution in [2.45, 2.75) is 0 Å². The van der Waals surface area contributed by atoms with E-state index in [1.165, 1.54) is 0 Å². The lowest BCUT2D eigenvalue weighted by Crippen LogP contribution is -2.48. The lowest BCUT2D eigenvalue weighted by molar-refractivity contribution is -0.873. The quantitative estimate of drug-likeness (QED) is 0.141. The van der Waals surface area contributed by atoms with Gasteiger partial charge < -0.3 is 29.4 Å². The number of hydrogen-bond acceptors (Lipinski definition) is 5. The molecule has 122 valence electrons. The molecule has 14 heteroatoms. The summed E-state index contributed by atoms with van der Waals surface area (Å²) in [6, 6.07) is 0. The Labute approximate surface area is 115 Å². The van der Waals surface area contributed by atoms with Gasteiger partial charge in [-0.15, -0.1) is 0 Å². The van der Waals surface area contributed by atoms with E-state index in [1.54, 1.807) is 0 Å². The van der Waals surface area contributed by atoms with Crippen molar-refractivity contribution < 1.29 is 46.3 Å². The zero-order valence-corrected chi connectivity index (χ0v) is 12.9. The molecule has 0 aromatic carbocycles. The summed E-state index contributed by atoms with van der Waals surface area (Å²) in [5.74, 6) is -0.973. The van der Waals surface area contributed by atoms with Gasteiger partial charge in [-0.25, -0.2) is 0 Å². The second-order valence-corrected chi connectivity index (χ2v) is 9.42. The molecule has 0 radical (unpaired) electrons. The molecule has 0 heterocycles. The van der Waals surface area contributed by atoms with Gasteiger partial charge in [0, 0.05) is 0 Å². The normalized spacial score (nSPS) is 14.5. The molecule has 0 aromatic rings. The Hall–Kier alpha value is 0.130. The highest BCUT2D eigenvalue weighted by Gasteiger charge is 2.27. The van der Waals surface area contributed by atoms with Crippen molar-refractivity contribution in [3.05, 3.63) is 5.21 Å². The number of rotatable bonds is 9. The molecule has 20 heavy (non-hydrogen) atoms. The predicted octanol–water partition coefficient (Wildman–Crippen LogP) is -1.46. The predicted molar refractivity (Wildman–Crippen MR) is 68.5 cm³/mol. The summed E-state index contributed by atoms with van der Waals surface area (Å²) >= 11 is 0. The Bertz CT molecular complexity index is 480. The highest BCUT2D eigenvalue weighted by Crippen LogP contribution is 2.37. The van der Waals surface area contributed by atoms with Gasteiger partial charge in [0.25, 0.3) is 10.1 Å². The van der Waals surface area contributed by atoms with Crippen LogP contribution in [0.5, 0.6) is 0 Å². The third-order valence-electron chi connectivity index (χ3n) is 2.35. The van der Waals surface area contributed by atoms with Crippen LogP contribution in [-0.2, 0) is 19.2 Å². The average Bonchev–Trinajstić information content (AvgIpc) is 2.18. The summed E-state index contributed by atoms with van der Waals surface area (Å²) < 4.78 is 49.6. The fourth-order valence-corrected chi connectivity index (χ4v) is 3.06. The van der Waals surface area contributed by atoms with Gasteiger partial charge in [0.2, 0.25) is 0 Å². The van der Waals surface area contributed by atoms with E-state index in [1.807, 2.05) is 0 Å². The largest absolute Gasteiger partial charge is 0.633 e. The lowest BCUT2D eigenvalue weighted by atomic mass is 10.5. The molecule has 0 saturated heterocycles. The number of nitrogens with zero attached hydrogens (tertiary/aromatic N) is 1. The summed E-state index contributed by atoms with van der Waals surface area (Å²) in [6.45, 7) is -2.21. The van der Waals surface area contributed by atoms with Crippen LogP contribution in [0.3, 0.4) is 0 Å². The van der Waals surface area contributed by atoms with Crippen LogP contribution >= 0.6 is 15.2 Å². The van der Waals surface area contributed by atoms with Gasteiger partial charge in [-0.1, -0.05) is 0 Å². The molecule has 0 aromatic heterocycles. The van der Waals surface area contributed by atoms with Crippen LogP contribution in [0.15, 0.2) is 0 Å². The van der Waals surface area contributed by atoms with Gasteiger partial charge in [0.1, 0.15) is 5.75 Å². The highest BCUT2D eigenvalue weighted by molar-refractivity contribution is 7.85. The maximum Gasteiger partial charge on any atom is 0.331 e. The Morgan fingerprint density at radius 2 is 1.25 bits per heavy atom. The fraction of sp³-hybridized carbons (Fsp3) is 1.00. The van der Waals surface area contributed by atoms with Crippen LogP contribution in [0.25, 0.3) is 0 Å². The van der Waals surface area contributed by atoms with Crippen LogP contribution in [-0.4, -0.2) is 74.9 Å². The van der Waals surface area contributed by atoms with E-state index in [2.05, 4.69) is 0 Å². The molecular weight excluding hydrogens is 340 g/mol. The third kappa shape index (κ3) is 11.9. The van der Waals surface area contributed by atoms with Gasteiger partial charge >= 0.3 is 15.2 Å². The smallest absolute Gasteiger partial charge is 0.331 e. The first-order valence-corrected chi connectivity index (χ1v) is 10.4. The molecule has 5 N–H and O–H groups in total. The molecule has 0 atom stereocenters. The van der Waals surface area contributed by atoms with Crippen molar-refractivity contribution in [1.82, 2.24) is 0 Å². The molecule has 0 rings (SSSR count). The number of hydrogen-bond donors (Lipinski definition) is 5. The Kier molecular flexibility index (Phi) is 6.97. The Balaban J connectivity index is 4.83. The van der Waals surface area contributed by atoms with E-state index in [0.29, 0.717) is 0 Å². The molecule has 0 aliphatic carbocycles. The first-order chi connectivity index (χ1) is 8.62. The first-order valence-electron chi connectivity index (χ1n) is 5.23. The molecule has 11 nitrogen and oxygen atoms in total. The number of hydroxylamine groups is 3. The second kappa shape index (κ2) is 6.93. The Morgan fingerprint density at radius 3 is 1.50 bits per heavy atom. The topological polar surface area (TPSA) is 192 Å². The second-order valence-electron chi connectivity index (χ2n) is 4.29. The third-order valence-corrected chi connectivity index (χ3v) is 4.62. The molecule has 0 fully saturated rings. The standard InChI is InChI=1S/C6H17NO10P2S/c8-7(1-4-18(9,10)11,2-5-19(12,13)14)3-6-20(15,16)17/h1-6H2,(H2,9,10,11)(H2,12,13,14)(H,15,16,17). The van der Waals surface area contributed by atoms with Gasteiger partial charge in [-0.3, -0.25) is 13.7 Å². The fourth-order valence-electron chi connectivity index (χ4n) is 1.24. The van der Waals surface area contributed by atoms with Crippen LogP contribution in [0.2, 0.25) is 0 Å². The summed E-state index contributed by atoms with van der Waals surface area (Å²) in [6.07, 6.45) is -1.72. The Morgan fingerprint density at radius 1 is 0.900 bits per heavy atom. The summed E-state index contributed by atoms with van der Waals surface area (Å²) in [5, 5.41) is 12.1. The highest BCUT2D eigenvalue weighted by atomic mass is 32.2. The molecule has 0 spiro atoms. The zero-order chi connectivity index (χ0) is 16.2. The summed E-state index contributed by atoms with van der Waals surface area (Å²) in [4.78, 5) is 34.7. The minimum atomic E-state index is -4.51. The van der Waals surface area contributed by atoms with Gasteiger partial charge in [0.15, 0.2) is 0 Å². The summed E-state index contributed by atoms with van der Waals surface area (Å²) in [5.41, 5.74) is 0. The van der Waals surface area contributed by atoms with Crippen molar-refractivity contribution in [2.75, 3.05) is 37.7 Å². The van der Waals surface area contributed by atoms with Gasteiger partial charge in [0.05, 0.1) is 32.0 Å². The first kappa shape index (κ1) is 20.1. The van der Waals surface area contributed by atoms with Crippen LogP contribution in [0.4, 0.5) is 0 Å². The molecule has 0 unspecified atom stereocenters. The van der Waals surface area contributed by atoms with Crippen molar-refractivity contribution >= 4 is 25.3 Å². The molecule has 0 amide bonds. The minimum Gasteiger partial charge on any atom is -0.633 e. The van der Waals surface area contributed by atoms with Crippen LogP contribution in [0, 0.1) is 5.21 Å². The number of quaternary nitrogens is 1. The minimum absolute atomic E-state index is 0.722. The van der Waals surface area contributed by atoms with E-state index in [4.69, 9.17) is 24.1 Å². The van der Waals surface area contributed by atoms with Crippen molar-refractivity contribution in [3.8, 4) is 0 Å². The van der Waals surface area contributed by atoms with Crippen molar-refractivity contribution in [1.29, 1.82) is 0 Å². The molecule has 0 bridgehead atoms. The SMILES string of the molecule is O=P(O)(O)CC[N+]([O-])(CCP(=O)(O)O)CCS(=O)(=O)O. The lowest BCUT2D eigenvalue weighted by Gasteiger charge is -2.42. The maximum absolute atomic E-state index is 12.1. The molecule has 0 saturated carbocycles. The molecular formula is C6H17NO10P2S. The van der Waals surface area contributed by atoms with E-state index < -0.39 is 67.7 Å². The van der Waals surface area contributed by atoms with E-state index in [0.717, 1.165) is 0 Å². The van der Waals surface area contributed by atoms with Crippen LogP contribution < -0.4 is 0 Å². The zero-order valence-electron chi connectivity index (χ0n) is 10.3. The van der Waals surface area contributed by atoms with Crippen molar-refractivity contribution in [3.63, 3.8) is 0 Å².